The lowest BCUT2D eigenvalue weighted by Crippen LogP contribution is -2.29. The summed E-state index contributed by atoms with van der Waals surface area (Å²) in [6.07, 6.45) is 8.13. The van der Waals surface area contributed by atoms with Crippen LogP contribution in [0.15, 0.2) is 12.4 Å². The maximum absolute atomic E-state index is 8.94. The van der Waals surface area contributed by atoms with Crippen LogP contribution in [0.1, 0.15) is 38.3 Å². The summed E-state index contributed by atoms with van der Waals surface area (Å²) < 4.78 is 0. The summed E-state index contributed by atoms with van der Waals surface area (Å²) in [5.74, 6) is 0.838. The molecule has 0 radical (unpaired) electrons. The van der Waals surface area contributed by atoms with Crippen LogP contribution in [0.25, 0.3) is 0 Å². The predicted molar refractivity (Wildman–Crippen MR) is 75.9 cm³/mol. The Morgan fingerprint density at radius 3 is 3.00 bits per heavy atom. The van der Waals surface area contributed by atoms with Crippen molar-refractivity contribution in [3.8, 4) is 0 Å². The van der Waals surface area contributed by atoms with E-state index in [-0.39, 0.29) is 0 Å². The van der Waals surface area contributed by atoms with Gasteiger partial charge in [0.1, 0.15) is 5.82 Å². The molecular formula is C14H24N4O. The molecule has 106 valence electrons. The Bertz CT molecular complexity index is 368. The van der Waals surface area contributed by atoms with Crippen molar-refractivity contribution in [1.29, 1.82) is 0 Å². The molecule has 5 heteroatoms. The van der Waals surface area contributed by atoms with E-state index in [1.807, 2.05) is 13.1 Å². The minimum absolute atomic E-state index is 0.293. The van der Waals surface area contributed by atoms with Gasteiger partial charge in [0, 0.05) is 25.7 Å². The van der Waals surface area contributed by atoms with Gasteiger partial charge in [-0.25, -0.2) is 4.98 Å². The third-order valence-electron chi connectivity index (χ3n) is 3.62. The number of aliphatic hydroxyl groups is 1. The van der Waals surface area contributed by atoms with E-state index in [1.165, 1.54) is 12.8 Å². The highest BCUT2D eigenvalue weighted by atomic mass is 16.2. The van der Waals surface area contributed by atoms with Gasteiger partial charge < -0.3 is 10.4 Å². The van der Waals surface area contributed by atoms with Gasteiger partial charge in [0.2, 0.25) is 0 Å². The van der Waals surface area contributed by atoms with E-state index in [0.29, 0.717) is 12.6 Å². The number of hydrogen-bond donors (Lipinski definition) is 2. The standard InChI is InChI=1S/C14H24N4O/c1-2-15-14-10-16-12(9-17-14)11-18-7-3-5-13(18)6-4-8-19/h9-10,13,19H,2-8,11H2,1H3,(H,15,17). The van der Waals surface area contributed by atoms with Gasteiger partial charge in [-0.2, -0.15) is 0 Å². The molecule has 0 spiro atoms. The molecule has 0 saturated carbocycles. The van der Waals surface area contributed by atoms with Crippen molar-refractivity contribution in [2.45, 2.75) is 45.2 Å². The van der Waals surface area contributed by atoms with Gasteiger partial charge >= 0.3 is 0 Å². The molecule has 0 amide bonds. The first-order valence-electron chi connectivity index (χ1n) is 7.23. The van der Waals surface area contributed by atoms with Crippen LogP contribution in [0, 0.1) is 0 Å². The van der Waals surface area contributed by atoms with Crippen LogP contribution in [-0.4, -0.2) is 45.7 Å². The van der Waals surface area contributed by atoms with Crippen LogP contribution in [0.2, 0.25) is 0 Å². The van der Waals surface area contributed by atoms with Crippen LogP contribution < -0.4 is 5.32 Å². The lowest BCUT2D eigenvalue weighted by atomic mass is 10.1. The van der Waals surface area contributed by atoms with Crippen molar-refractivity contribution in [2.75, 3.05) is 25.0 Å². The Balaban J connectivity index is 1.88. The Morgan fingerprint density at radius 1 is 1.42 bits per heavy atom. The minimum Gasteiger partial charge on any atom is -0.396 e. The van der Waals surface area contributed by atoms with Crippen molar-refractivity contribution < 1.29 is 5.11 Å². The highest BCUT2D eigenvalue weighted by Gasteiger charge is 2.24. The normalized spacial score (nSPS) is 19.8. The van der Waals surface area contributed by atoms with E-state index >= 15 is 0 Å². The first kappa shape index (κ1) is 14.2. The second-order valence-electron chi connectivity index (χ2n) is 5.06. The average molecular weight is 264 g/mol. The molecule has 1 unspecified atom stereocenters. The highest BCUT2D eigenvalue weighted by molar-refractivity contribution is 5.30. The fourth-order valence-electron chi connectivity index (χ4n) is 2.67. The maximum Gasteiger partial charge on any atom is 0.144 e. The molecule has 1 aromatic heterocycles. The first-order chi connectivity index (χ1) is 9.33. The van der Waals surface area contributed by atoms with Gasteiger partial charge in [-0.15, -0.1) is 0 Å². The van der Waals surface area contributed by atoms with E-state index in [2.05, 4.69) is 20.2 Å². The predicted octanol–water partition coefficient (Wildman–Crippen LogP) is 1.65. The molecule has 2 heterocycles. The Morgan fingerprint density at radius 2 is 2.32 bits per heavy atom. The Kier molecular flexibility index (Phi) is 5.54. The molecule has 1 fully saturated rings. The fraction of sp³-hybridized carbons (Fsp3) is 0.714. The largest absolute Gasteiger partial charge is 0.396 e. The number of aliphatic hydroxyl groups excluding tert-OH is 1. The highest BCUT2D eigenvalue weighted by Crippen LogP contribution is 2.22. The van der Waals surface area contributed by atoms with Gasteiger partial charge in [-0.1, -0.05) is 0 Å². The maximum atomic E-state index is 8.94. The number of anilines is 1. The minimum atomic E-state index is 0.293. The second-order valence-corrected chi connectivity index (χ2v) is 5.06. The monoisotopic (exact) mass is 264 g/mol. The molecule has 5 nitrogen and oxygen atoms in total. The number of nitrogens with one attached hydrogen (secondary N) is 1. The van der Waals surface area contributed by atoms with E-state index in [9.17, 15) is 0 Å². The summed E-state index contributed by atoms with van der Waals surface area (Å²) >= 11 is 0. The molecule has 0 bridgehead atoms. The van der Waals surface area contributed by atoms with E-state index in [0.717, 1.165) is 44.0 Å². The van der Waals surface area contributed by atoms with Gasteiger partial charge in [-0.05, 0) is 39.2 Å². The molecule has 2 N–H and O–H groups in total. The van der Waals surface area contributed by atoms with Gasteiger partial charge in [0.25, 0.3) is 0 Å². The lowest BCUT2D eigenvalue weighted by molar-refractivity contribution is 0.208. The van der Waals surface area contributed by atoms with E-state index in [1.54, 1.807) is 6.20 Å². The Labute approximate surface area is 115 Å². The number of rotatable bonds is 7. The SMILES string of the molecule is CCNc1cnc(CN2CCCC2CCCO)cn1. The number of likely N-dealkylation sites (tertiary alicyclic amines) is 1. The smallest absolute Gasteiger partial charge is 0.144 e. The lowest BCUT2D eigenvalue weighted by Gasteiger charge is -2.23. The van der Waals surface area contributed by atoms with Gasteiger partial charge in [0.05, 0.1) is 18.1 Å². The molecule has 1 saturated heterocycles. The molecule has 2 rings (SSSR count). The van der Waals surface area contributed by atoms with Gasteiger partial charge in [-0.3, -0.25) is 9.88 Å². The summed E-state index contributed by atoms with van der Waals surface area (Å²) in [7, 11) is 0. The zero-order valence-electron chi connectivity index (χ0n) is 11.7. The molecule has 1 aliphatic rings. The quantitative estimate of drug-likeness (QED) is 0.784. The molecule has 1 aromatic rings. The van der Waals surface area contributed by atoms with Crippen LogP contribution in [0.4, 0.5) is 5.82 Å². The van der Waals surface area contributed by atoms with Crippen LogP contribution in [0.5, 0.6) is 0 Å². The second kappa shape index (κ2) is 7.40. The van der Waals surface area contributed by atoms with Crippen LogP contribution in [-0.2, 0) is 6.54 Å². The summed E-state index contributed by atoms with van der Waals surface area (Å²) in [6, 6.07) is 0.599. The van der Waals surface area contributed by atoms with Crippen molar-refractivity contribution in [1.82, 2.24) is 14.9 Å². The zero-order valence-corrected chi connectivity index (χ0v) is 11.7. The topological polar surface area (TPSA) is 61.3 Å². The third-order valence-corrected chi connectivity index (χ3v) is 3.62. The summed E-state index contributed by atoms with van der Waals surface area (Å²) in [5, 5.41) is 12.1. The average Bonchev–Trinajstić information content (AvgIpc) is 2.86. The molecule has 0 aromatic carbocycles. The number of aromatic nitrogens is 2. The first-order valence-corrected chi connectivity index (χ1v) is 7.23. The molecule has 19 heavy (non-hydrogen) atoms. The van der Waals surface area contributed by atoms with Crippen LogP contribution >= 0.6 is 0 Å². The van der Waals surface area contributed by atoms with E-state index < -0.39 is 0 Å². The summed E-state index contributed by atoms with van der Waals surface area (Å²) in [4.78, 5) is 11.3. The molecule has 1 atom stereocenters. The zero-order chi connectivity index (χ0) is 13.5. The summed E-state index contributed by atoms with van der Waals surface area (Å²) in [6.45, 7) is 5.21. The molecular weight excluding hydrogens is 240 g/mol. The van der Waals surface area contributed by atoms with Crippen molar-refractivity contribution in [2.24, 2.45) is 0 Å². The van der Waals surface area contributed by atoms with Crippen molar-refractivity contribution >= 4 is 5.82 Å². The van der Waals surface area contributed by atoms with Crippen LogP contribution in [0.3, 0.4) is 0 Å². The molecule has 1 aliphatic heterocycles. The van der Waals surface area contributed by atoms with Crippen molar-refractivity contribution in [3.05, 3.63) is 18.1 Å². The van der Waals surface area contributed by atoms with Gasteiger partial charge in [0.15, 0.2) is 0 Å². The number of nitrogens with zero attached hydrogens (tertiary/aromatic N) is 3. The van der Waals surface area contributed by atoms with E-state index in [4.69, 9.17) is 5.11 Å². The molecule has 0 aliphatic carbocycles. The third kappa shape index (κ3) is 4.14. The fourth-order valence-corrected chi connectivity index (χ4v) is 2.67. The number of hydrogen-bond acceptors (Lipinski definition) is 5. The summed E-state index contributed by atoms with van der Waals surface area (Å²) in [5.41, 5.74) is 1.03. The van der Waals surface area contributed by atoms with Crippen molar-refractivity contribution in [3.63, 3.8) is 0 Å². The Hall–Kier alpha value is -1.20.